The summed E-state index contributed by atoms with van der Waals surface area (Å²) in [6.45, 7) is -0.634. The molecular formula is C18H17ClF6N4O4. The van der Waals surface area contributed by atoms with Crippen molar-refractivity contribution in [3.8, 4) is 11.8 Å². The van der Waals surface area contributed by atoms with Crippen molar-refractivity contribution in [3.05, 3.63) is 34.9 Å². The summed E-state index contributed by atoms with van der Waals surface area (Å²) in [6.07, 6.45) is -9.76. The number of alkyl halides is 5. The molecule has 0 unspecified atom stereocenters. The van der Waals surface area contributed by atoms with Crippen molar-refractivity contribution in [3.63, 3.8) is 0 Å². The number of halogens is 7. The molecule has 15 heteroatoms. The summed E-state index contributed by atoms with van der Waals surface area (Å²) in [7, 11) is 0. The molecule has 1 aliphatic heterocycles. The fourth-order valence-corrected chi connectivity index (χ4v) is 2.99. The third-order valence-electron chi connectivity index (χ3n) is 4.48. The van der Waals surface area contributed by atoms with Crippen LogP contribution in [0.1, 0.15) is 31.2 Å². The van der Waals surface area contributed by atoms with Crippen molar-refractivity contribution in [1.82, 2.24) is 20.8 Å². The van der Waals surface area contributed by atoms with Gasteiger partial charge in [-0.25, -0.2) is 4.39 Å². The van der Waals surface area contributed by atoms with Crippen LogP contribution < -0.4 is 20.1 Å². The van der Waals surface area contributed by atoms with Crippen molar-refractivity contribution >= 4 is 17.5 Å². The van der Waals surface area contributed by atoms with Crippen LogP contribution in [-0.4, -0.2) is 47.6 Å². The van der Waals surface area contributed by atoms with Crippen molar-refractivity contribution < 1.29 is 45.0 Å². The lowest BCUT2D eigenvalue weighted by atomic mass is 10.0. The number of hydrogen-bond acceptors (Lipinski definition) is 7. The lowest BCUT2D eigenvalue weighted by molar-refractivity contribution is -0.193. The van der Waals surface area contributed by atoms with E-state index in [9.17, 15) is 31.1 Å². The van der Waals surface area contributed by atoms with Gasteiger partial charge in [0.05, 0.1) is 17.5 Å². The van der Waals surface area contributed by atoms with Gasteiger partial charge in [-0.3, -0.25) is 4.79 Å². The van der Waals surface area contributed by atoms with E-state index in [1.54, 1.807) is 0 Å². The van der Waals surface area contributed by atoms with Gasteiger partial charge in [0.1, 0.15) is 18.2 Å². The number of nitrogens with zero attached hydrogens (tertiary/aromatic N) is 2. The third kappa shape index (κ3) is 7.12. The van der Waals surface area contributed by atoms with Gasteiger partial charge in [-0.15, -0.1) is 5.10 Å². The molecule has 3 rings (SSSR count). The number of rotatable bonds is 8. The number of carbonyl (C=O) groups excluding carboxylic acids is 1. The molecule has 1 aromatic carbocycles. The molecule has 1 amide bonds. The number of aromatic nitrogens is 2. The second-order valence-corrected chi connectivity index (χ2v) is 7.43. The smallest absolute Gasteiger partial charge is 0.449 e. The lowest BCUT2D eigenvalue weighted by Crippen LogP contribution is -2.53. The van der Waals surface area contributed by atoms with Crippen LogP contribution in [-0.2, 0) is 4.79 Å². The predicted octanol–water partition coefficient (Wildman–Crippen LogP) is 3.77. The van der Waals surface area contributed by atoms with E-state index in [0.29, 0.717) is 6.07 Å². The Balaban J connectivity index is 1.46. The Labute approximate surface area is 187 Å². The molecule has 0 radical (unpaired) electrons. The lowest BCUT2D eigenvalue weighted by Gasteiger charge is -2.29. The van der Waals surface area contributed by atoms with Crippen LogP contribution in [0.5, 0.6) is 11.8 Å². The molecule has 33 heavy (non-hydrogen) atoms. The van der Waals surface area contributed by atoms with Gasteiger partial charge in [-0.1, -0.05) is 16.7 Å². The maximum absolute atomic E-state index is 14.1. The summed E-state index contributed by atoms with van der Waals surface area (Å²) < 4.78 is 92.2. The first-order chi connectivity index (χ1) is 15.4. The van der Waals surface area contributed by atoms with E-state index in [1.165, 1.54) is 0 Å². The summed E-state index contributed by atoms with van der Waals surface area (Å²) in [4.78, 5) is 11.9. The maximum atomic E-state index is 14.1. The van der Waals surface area contributed by atoms with Crippen molar-refractivity contribution in [2.75, 3.05) is 13.2 Å². The van der Waals surface area contributed by atoms with Gasteiger partial charge in [0.25, 0.3) is 0 Å². The first-order valence-electron chi connectivity index (χ1n) is 9.52. The van der Waals surface area contributed by atoms with Crippen molar-refractivity contribution in [2.24, 2.45) is 0 Å². The number of benzene rings is 1. The van der Waals surface area contributed by atoms with E-state index >= 15 is 0 Å². The highest BCUT2D eigenvalue weighted by atomic mass is 35.5. The van der Waals surface area contributed by atoms with E-state index in [2.05, 4.69) is 25.6 Å². The van der Waals surface area contributed by atoms with Crippen LogP contribution in [0.25, 0.3) is 0 Å². The minimum Gasteiger partial charge on any atom is -0.449 e. The molecule has 2 atom stereocenters. The molecule has 2 N–H and O–H groups in total. The zero-order valence-corrected chi connectivity index (χ0v) is 17.4. The molecule has 0 spiro atoms. The Kier molecular flexibility index (Phi) is 7.57. The Bertz CT molecular complexity index is 966. The summed E-state index contributed by atoms with van der Waals surface area (Å²) in [5, 5.41) is 11.9. The Morgan fingerprint density at radius 2 is 2.00 bits per heavy atom. The molecule has 0 bridgehead atoms. The first-order valence-corrected chi connectivity index (χ1v) is 9.90. The van der Waals surface area contributed by atoms with Gasteiger partial charge in [0, 0.05) is 18.7 Å². The molecule has 8 nitrogen and oxygen atoms in total. The number of nitrogens with one attached hydrogen (secondary N) is 2. The van der Waals surface area contributed by atoms with Gasteiger partial charge in [-0.05, 0) is 25.0 Å². The zero-order valence-electron chi connectivity index (χ0n) is 16.6. The monoisotopic (exact) mass is 502 g/mol. The molecule has 0 aliphatic carbocycles. The number of ether oxygens (including phenoxy) is 2. The largest absolute Gasteiger partial charge is 0.482 e. The third-order valence-corrected chi connectivity index (χ3v) is 4.79. The second-order valence-electron chi connectivity index (χ2n) is 7.02. The van der Waals surface area contributed by atoms with E-state index in [-0.39, 0.29) is 30.3 Å². The summed E-state index contributed by atoms with van der Waals surface area (Å²) in [5.41, 5.74) is 0. The number of carbonyl (C=O) groups is 1. The molecule has 182 valence electrons. The van der Waals surface area contributed by atoms with Crippen LogP contribution in [0, 0.1) is 5.82 Å². The quantitative estimate of drug-likeness (QED) is 0.530. The topological polar surface area (TPSA) is 98.5 Å². The van der Waals surface area contributed by atoms with E-state index in [4.69, 9.17) is 20.8 Å². The molecule has 1 aliphatic rings. The van der Waals surface area contributed by atoms with Crippen LogP contribution >= 0.6 is 11.6 Å². The average Bonchev–Trinajstić information content (AvgIpc) is 3.19. The summed E-state index contributed by atoms with van der Waals surface area (Å²) >= 11 is 5.47. The normalized spacial score (nSPS) is 19.2. The number of hydrogen-bond donors (Lipinski definition) is 2. The van der Waals surface area contributed by atoms with Gasteiger partial charge in [0.15, 0.2) is 0 Å². The maximum Gasteiger partial charge on any atom is 0.482 e. The molecular weight excluding hydrogens is 486 g/mol. The second kappa shape index (κ2) is 10.0. The van der Waals surface area contributed by atoms with Crippen LogP contribution in [0.2, 0.25) is 5.02 Å². The Morgan fingerprint density at radius 3 is 2.64 bits per heavy atom. The van der Waals surface area contributed by atoms with Crippen molar-refractivity contribution in [2.45, 2.75) is 43.6 Å². The SMILES string of the molecule is O=C(N[C@H]1CC[C@H](c2nnc(OCCC(F)(F)F)o2)NC1)C(F)(F)Oc1ccc(Cl)c(F)c1. The molecule has 0 saturated carbocycles. The Morgan fingerprint density at radius 1 is 1.24 bits per heavy atom. The van der Waals surface area contributed by atoms with Gasteiger partial charge >= 0.3 is 24.3 Å². The van der Waals surface area contributed by atoms with Gasteiger partial charge < -0.3 is 24.5 Å². The summed E-state index contributed by atoms with van der Waals surface area (Å²) in [5.74, 6) is -3.24. The molecule has 2 heterocycles. The van der Waals surface area contributed by atoms with Crippen molar-refractivity contribution in [1.29, 1.82) is 0 Å². The highest BCUT2D eigenvalue weighted by Gasteiger charge is 2.43. The van der Waals surface area contributed by atoms with Gasteiger partial charge in [-0.2, -0.15) is 22.0 Å². The minimum atomic E-state index is -4.39. The fraction of sp³-hybridized carbons (Fsp3) is 0.500. The highest BCUT2D eigenvalue weighted by molar-refractivity contribution is 6.30. The van der Waals surface area contributed by atoms with Crippen LogP contribution in [0.15, 0.2) is 22.6 Å². The van der Waals surface area contributed by atoms with E-state index < -0.39 is 60.9 Å². The fourth-order valence-electron chi connectivity index (χ4n) is 2.87. The number of piperidine rings is 1. The van der Waals surface area contributed by atoms with Gasteiger partial charge in [0.2, 0.25) is 5.89 Å². The van der Waals surface area contributed by atoms with Crippen LogP contribution in [0.3, 0.4) is 0 Å². The molecule has 2 aromatic rings. The van der Waals surface area contributed by atoms with E-state index in [1.807, 2.05) is 0 Å². The Hall–Kier alpha value is -2.74. The molecule has 1 aromatic heterocycles. The molecule has 1 fully saturated rings. The van der Waals surface area contributed by atoms with E-state index in [0.717, 1.165) is 12.1 Å². The average molecular weight is 503 g/mol. The summed E-state index contributed by atoms with van der Waals surface area (Å²) in [6, 6.07) is 1.41. The van der Waals surface area contributed by atoms with Crippen LogP contribution in [0.4, 0.5) is 26.3 Å². The predicted molar refractivity (Wildman–Crippen MR) is 99.4 cm³/mol. The standard InChI is InChI=1S/C18H17ClF6N4O4/c19-11-3-2-10(7-12(11)20)33-18(24,25)15(30)27-9-1-4-13(26-8-9)14-28-29-16(32-14)31-6-5-17(21,22)23/h2-3,7,9,13,26H,1,4-6,8H2,(H,27,30)/t9-,13+/m0/s1. The number of amides is 1. The highest BCUT2D eigenvalue weighted by Crippen LogP contribution is 2.28. The minimum absolute atomic E-state index is 0.0419. The zero-order chi connectivity index (χ0) is 24.2. The molecule has 1 saturated heterocycles. The first kappa shape index (κ1) is 24.9.